The average molecular weight is 505 g/mol. The molecule has 2 aromatic heterocycles. The quantitative estimate of drug-likeness (QED) is 0.287. The zero-order valence-electron chi connectivity index (χ0n) is 21.1. The van der Waals surface area contributed by atoms with E-state index in [4.69, 9.17) is 4.98 Å². The van der Waals surface area contributed by atoms with E-state index in [-0.39, 0.29) is 6.04 Å². The Morgan fingerprint density at radius 2 is 1.68 bits per heavy atom. The van der Waals surface area contributed by atoms with E-state index in [1.165, 1.54) is 18.6 Å². The Kier molecular flexibility index (Phi) is 7.04. The zero-order chi connectivity index (χ0) is 26.0. The Labute approximate surface area is 215 Å². The number of hydrogen-bond acceptors (Lipinski definition) is 3. The Bertz CT molecular complexity index is 1360. The summed E-state index contributed by atoms with van der Waals surface area (Å²) in [5, 5.41) is 3.46. The van der Waals surface area contributed by atoms with Gasteiger partial charge in [0.2, 0.25) is 0 Å². The van der Waals surface area contributed by atoms with E-state index < -0.39 is 11.7 Å². The molecule has 2 aromatic carbocycles. The molecule has 1 saturated carbocycles. The van der Waals surface area contributed by atoms with E-state index in [1.807, 2.05) is 37.4 Å². The lowest BCUT2D eigenvalue weighted by Crippen LogP contribution is -2.11. The van der Waals surface area contributed by atoms with Gasteiger partial charge in [0.25, 0.3) is 0 Å². The molecular formula is C30H31F3N4. The van der Waals surface area contributed by atoms with Crippen LogP contribution in [0.5, 0.6) is 0 Å². The minimum atomic E-state index is -4.42. The molecule has 1 atom stereocenters. The van der Waals surface area contributed by atoms with Crippen molar-refractivity contribution >= 4 is 5.82 Å². The second-order valence-electron chi connectivity index (χ2n) is 9.85. The molecule has 5 rings (SSSR count). The van der Waals surface area contributed by atoms with Crippen molar-refractivity contribution in [2.45, 2.75) is 57.2 Å². The fraction of sp³-hybridized carbons (Fsp3) is 0.333. The van der Waals surface area contributed by atoms with Crippen LogP contribution in [0.25, 0.3) is 22.5 Å². The van der Waals surface area contributed by atoms with E-state index in [0.29, 0.717) is 23.0 Å². The highest BCUT2D eigenvalue weighted by molar-refractivity contribution is 5.80. The van der Waals surface area contributed by atoms with Gasteiger partial charge in [0.15, 0.2) is 0 Å². The van der Waals surface area contributed by atoms with Crippen LogP contribution in [-0.2, 0) is 13.2 Å². The fourth-order valence-electron chi connectivity index (χ4n) is 5.32. The number of imidazole rings is 1. The predicted molar refractivity (Wildman–Crippen MR) is 141 cm³/mol. The molecule has 4 nitrogen and oxygen atoms in total. The van der Waals surface area contributed by atoms with Crippen molar-refractivity contribution in [2.75, 3.05) is 5.32 Å². The van der Waals surface area contributed by atoms with Crippen LogP contribution < -0.4 is 5.32 Å². The van der Waals surface area contributed by atoms with Crippen molar-refractivity contribution in [3.8, 4) is 22.5 Å². The largest absolute Gasteiger partial charge is 0.416 e. The SMILES string of the molecule is C[C@H](Nc1cc(-c2c(-c3cccc(C(F)(F)F)c3)nc(C3CCCCC3)n2C)ccn1)c1ccccc1. The molecule has 37 heavy (non-hydrogen) atoms. The Morgan fingerprint density at radius 1 is 0.919 bits per heavy atom. The van der Waals surface area contributed by atoms with Gasteiger partial charge in [-0.3, -0.25) is 0 Å². The van der Waals surface area contributed by atoms with Crippen LogP contribution in [-0.4, -0.2) is 14.5 Å². The summed E-state index contributed by atoms with van der Waals surface area (Å²) in [6, 6.07) is 19.5. The van der Waals surface area contributed by atoms with Crippen molar-refractivity contribution in [1.29, 1.82) is 0 Å². The number of rotatable bonds is 6. The molecule has 7 heteroatoms. The van der Waals surface area contributed by atoms with Gasteiger partial charge >= 0.3 is 6.18 Å². The minimum absolute atomic E-state index is 0.0382. The van der Waals surface area contributed by atoms with E-state index in [0.717, 1.165) is 54.4 Å². The molecule has 0 spiro atoms. The molecule has 1 aliphatic rings. The molecule has 0 radical (unpaired) electrons. The van der Waals surface area contributed by atoms with Crippen LogP contribution >= 0.6 is 0 Å². The minimum Gasteiger partial charge on any atom is -0.364 e. The van der Waals surface area contributed by atoms with Gasteiger partial charge in [-0.1, -0.05) is 61.7 Å². The van der Waals surface area contributed by atoms with Crippen molar-refractivity contribution in [2.24, 2.45) is 7.05 Å². The lowest BCUT2D eigenvalue weighted by Gasteiger charge is -2.21. The molecular weight excluding hydrogens is 473 g/mol. The first-order valence-electron chi connectivity index (χ1n) is 12.8. The van der Waals surface area contributed by atoms with Crippen molar-refractivity contribution < 1.29 is 13.2 Å². The molecule has 1 N–H and O–H groups in total. The van der Waals surface area contributed by atoms with Gasteiger partial charge in [-0.2, -0.15) is 13.2 Å². The number of pyridine rings is 1. The molecule has 0 bridgehead atoms. The Hall–Kier alpha value is -3.61. The third-order valence-electron chi connectivity index (χ3n) is 7.26. The highest BCUT2D eigenvalue weighted by Crippen LogP contribution is 2.40. The summed E-state index contributed by atoms with van der Waals surface area (Å²) in [7, 11) is 1.98. The third-order valence-corrected chi connectivity index (χ3v) is 7.26. The van der Waals surface area contributed by atoms with E-state index in [1.54, 1.807) is 12.3 Å². The third kappa shape index (κ3) is 5.41. The number of halogens is 3. The van der Waals surface area contributed by atoms with E-state index >= 15 is 0 Å². The summed E-state index contributed by atoms with van der Waals surface area (Å²) in [6.07, 6.45) is 2.91. The number of nitrogens with zero attached hydrogens (tertiary/aromatic N) is 3. The number of aromatic nitrogens is 3. The maximum absolute atomic E-state index is 13.6. The first-order chi connectivity index (χ1) is 17.8. The van der Waals surface area contributed by atoms with Gasteiger partial charge in [0, 0.05) is 36.3 Å². The number of anilines is 1. The van der Waals surface area contributed by atoms with Gasteiger partial charge < -0.3 is 9.88 Å². The maximum Gasteiger partial charge on any atom is 0.416 e. The zero-order valence-corrected chi connectivity index (χ0v) is 21.1. The van der Waals surface area contributed by atoms with Gasteiger partial charge in [0.1, 0.15) is 11.6 Å². The molecule has 0 unspecified atom stereocenters. The monoisotopic (exact) mass is 504 g/mol. The summed E-state index contributed by atoms with van der Waals surface area (Å²) >= 11 is 0. The van der Waals surface area contributed by atoms with Crippen molar-refractivity contribution in [1.82, 2.24) is 14.5 Å². The van der Waals surface area contributed by atoms with Crippen LogP contribution in [0.1, 0.15) is 67.9 Å². The van der Waals surface area contributed by atoms with Crippen LogP contribution in [0.15, 0.2) is 72.9 Å². The average Bonchev–Trinajstić information content (AvgIpc) is 3.26. The van der Waals surface area contributed by atoms with Crippen LogP contribution in [0.2, 0.25) is 0 Å². The highest BCUT2D eigenvalue weighted by atomic mass is 19.4. The van der Waals surface area contributed by atoms with Crippen LogP contribution in [0.4, 0.5) is 19.0 Å². The Balaban J connectivity index is 1.58. The van der Waals surface area contributed by atoms with Gasteiger partial charge in [-0.25, -0.2) is 9.97 Å². The van der Waals surface area contributed by atoms with Gasteiger partial charge in [-0.15, -0.1) is 0 Å². The second kappa shape index (κ2) is 10.4. The molecule has 0 saturated heterocycles. The second-order valence-corrected chi connectivity index (χ2v) is 9.85. The number of benzene rings is 2. The Morgan fingerprint density at radius 3 is 2.41 bits per heavy atom. The molecule has 1 aliphatic carbocycles. The highest BCUT2D eigenvalue weighted by Gasteiger charge is 2.31. The molecule has 0 amide bonds. The van der Waals surface area contributed by atoms with Crippen LogP contribution in [0, 0.1) is 0 Å². The molecule has 0 aliphatic heterocycles. The topological polar surface area (TPSA) is 42.7 Å². The number of hydrogen-bond donors (Lipinski definition) is 1. The fourth-order valence-corrected chi connectivity index (χ4v) is 5.32. The van der Waals surface area contributed by atoms with E-state index in [9.17, 15) is 13.2 Å². The van der Waals surface area contributed by atoms with Gasteiger partial charge in [-0.05, 0) is 49.6 Å². The molecule has 4 aromatic rings. The lowest BCUT2D eigenvalue weighted by molar-refractivity contribution is -0.137. The van der Waals surface area contributed by atoms with Crippen molar-refractivity contribution in [3.05, 3.63) is 89.9 Å². The number of alkyl halides is 3. The smallest absolute Gasteiger partial charge is 0.364 e. The van der Waals surface area contributed by atoms with E-state index in [2.05, 4.69) is 33.9 Å². The normalized spacial score (nSPS) is 15.5. The van der Waals surface area contributed by atoms with Crippen molar-refractivity contribution in [3.63, 3.8) is 0 Å². The summed E-state index contributed by atoms with van der Waals surface area (Å²) in [5.41, 5.74) is 3.17. The summed E-state index contributed by atoms with van der Waals surface area (Å²) < 4.78 is 42.7. The molecule has 2 heterocycles. The standard InChI is InChI=1S/C30H31F3N4/c1-20(21-10-5-3-6-11-21)35-26-19-24(16-17-34-26)28-27(23-14-9-15-25(18-23)30(31,32)33)36-29(37(28)2)22-12-7-4-8-13-22/h3,5-6,9-11,14-20,22H,4,7-8,12-13H2,1-2H3,(H,34,35)/t20-/m0/s1. The lowest BCUT2D eigenvalue weighted by atomic mass is 9.88. The summed E-state index contributed by atoms with van der Waals surface area (Å²) in [5.74, 6) is 1.94. The molecule has 1 fully saturated rings. The summed E-state index contributed by atoms with van der Waals surface area (Å²) in [6.45, 7) is 2.07. The predicted octanol–water partition coefficient (Wildman–Crippen LogP) is 8.39. The number of nitrogens with one attached hydrogen (secondary N) is 1. The molecule has 192 valence electrons. The van der Waals surface area contributed by atoms with Crippen LogP contribution in [0.3, 0.4) is 0 Å². The van der Waals surface area contributed by atoms with Gasteiger partial charge in [0.05, 0.1) is 17.0 Å². The summed E-state index contributed by atoms with van der Waals surface area (Å²) in [4.78, 5) is 9.51. The maximum atomic E-state index is 13.6. The first kappa shape index (κ1) is 25.1. The first-order valence-corrected chi connectivity index (χ1v) is 12.8.